The predicted molar refractivity (Wildman–Crippen MR) is 137 cm³/mol. The van der Waals surface area contributed by atoms with Crippen molar-refractivity contribution < 1.29 is 0 Å². The Balaban J connectivity index is 0.000000182. The Labute approximate surface area is 190 Å². The zero-order valence-corrected chi connectivity index (χ0v) is 19.3. The number of nitrogens with two attached hydrogens (primary N) is 1. The van der Waals surface area contributed by atoms with Crippen LogP contribution in [0.4, 0.5) is 11.6 Å². The van der Waals surface area contributed by atoms with Crippen molar-refractivity contribution in [2.24, 2.45) is 5.73 Å². The van der Waals surface area contributed by atoms with E-state index in [4.69, 9.17) is 5.73 Å². The highest BCUT2D eigenvalue weighted by atomic mass is 15.0. The monoisotopic (exact) mass is 430 g/mol. The van der Waals surface area contributed by atoms with E-state index in [0.29, 0.717) is 6.54 Å². The van der Waals surface area contributed by atoms with Crippen molar-refractivity contribution in [2.45, 2.75) is 33.9 Å². The van der Waals surface area contributed by atoms with Crippen LogP contribution < -0.4 is 21.7 Å². The second-order valence-corrected chi connectivity index (χ2v) is 7.49. The summed E-state index contributed by atoms with van der Waals surface area (Å²) in [7, 11) is 0. The molecule has 6 heteroatoms. The number of hydrogen-bond donors (Lipinski definition) is 4. The summed E-state index contributed by atoms with van der Waals surface area (Å²) in [5.74, 6) is 1.87. The van der Waals surface area contributed by atoms with Gasteiger partial charge in [-0.15, -0.1) is 0 Å². The Morgan fingerprint density at radius 2 is 1.19 bits per heavy atom. The molecule has 0 aliphatic rings. The Hall–Kier alpha value is -3.22. The molecule has 0 fully saturated rings. The first kappa shape index (κ1) is 23.4. The fourth-order valence-corrected chi connectivity index (χ4v) is 3.42. The third-order valence-corrected chi connectivity index (χ3v) is 5.04. The molecule has 6 nitrogen and oxygen atoms in total. The van der Waals surface area contributed by atoms with Crippen LogP contribution in [0.5, 0.6) is 0 Å². The van der Waals surface area contributed by atoms with Gasteiger partial charge in [0.25, 0.3) is 0 Å². The maximum Gasteiger partial charge on any atom is 0.126 e. The number of pyridine rings is 2. The standard InChI is InChI=1S/C14H19N3.C12H15N3/c1-3-15-10-11-5-7-13-12(9-11)6-8-14(17-13)16-4-2;1-2-14-12-6-4-10-7-9(8-13)3-5-11(10)15-12/h5-9,15H,3-4,10H2,1-2H3,(H,16,17);3-7H,2,8,13H2,1H3,(H,14,15). The van der Waals surface area contributed by atoms with Crippen LogP contribution in [-0.4, -0.2) is 29.6 Å². The average molecular weight is 431 g/mol. The lowest BCUT2D eigenvalue weighted by molar-refractivity contribution is 0.727. The maximum absolute atomic E-state index is 5.59. The number of hydrogen-bond acceptors (Lipinski definition) is 6. The zero-order valence-electron chi connectivity index (χ0n) is 19.3. The lowest BCUT2D eigenvalue weighted by Gasteiger charge is -2.06. The number of anilines is 2. The molecule has 2 aromatic heterocycles. The van der Waals surface area contributed by atoms with E-state index in [-0.39, 0.29) is 0 Å². The van der Waals surface area contributed by atoms with Crippen LogP contribution in [0, 0.1) is 0 Å². The summed E-state index contributed by atoms with van der Waals surface area (Å²) in [4.78, 5) is 9.04. The molecule has 5 N–H and O–H groups in total. The first-order valence-electron chi connectivity index (χ1n) is 11.3. The molecule has 0 spiro atoms. The van der Waals surface area contributed by atoms with Crippen LogP contribution >= 0.6 is 0 Å². The molecule has 0 aliphatic heterocycles. The van der Waals surface area contributed by atoms with Crippen molar-refractivity contribution in [3.8, 4) is 0 Å². The van der Waals surface area contributed by atoms with Gasteiger partial charge in [0.15, 0.2) is 0 Å². The molecule has 4 rings (SSSR count). The molecule has 168 valence electrons. The Kier molecular flexibility index (Phi) is 8.78. The van der Waals surface area contributed by atoms with Crippen molar-refractivity contribution in [1.29, 1.82) is 0 Å². The van der Waals surface area contributed by atoms with E-state index in [1.54, 1.807) is 0 Å². The number of benzene rings is 2. The molecule has 32 heavy (non-hydrogen) atoms. The number of nitrogens with zero attached hydrogens (tertiary/aromatic N) is 2. The zero-order chi connectivity index (χ0) is 22.8. The summed E-state index contributed by atoms with van der Waals surface area (Å²) in [6.07, 6.45) is 0. The van der Waals surface area contributed by atoms with Crippen molar-refractivity contribution in [3.05, 3.63) is 71.8 Å². The van der Waals surface area contributed by atoms with E-state index in [1.807, 2.05) is 24.3 Å². The topological polar surface area (TPSA) is 87.9 Å². The number of fused-ring (bicyclic) bond motifs is 2. The van der Waals surface area contributed by atoms with E-state index in [2.05, 4.69) is 83.1 Å². The van der Waals surface area contributed by atoms with E-state index >= 15 is 0 Å². The third-order valence-electron chi connectivity index (χ3n) is 5.04. The molecule has 0 amide bonds. The van der Waals surface area contributed by atoms with Crippen LogP contribution in [0.15, 0.2) is 60.7 Å². The SMILES string of the molecule is CCNCc1ccc2nc(NCC)ccc2c1.CCNc1ccc2cc(CN)ccc2n1. The van der Waals surface area contributed by atoms with Gasteiger partial charge in [-0.2, -0.15) is 0 Å². The lowest BCUT2D eigenvalue weighted by atomic mass is 10.1. The molecule has 0 bridgehead atoms. The van der Waals surface area contributed by atoms with Gasteiger partial charge in [-0.25, -0.2) is 9.97 Å². The second-order valence-electron chi connectivity index (χ2n) is 7.49. The van der Waals surface area contributed by atoms with E-state index in [1.165, 1.54) is 10.9 Å². The Bertz CT molecular complexity index is 1140. The number of aromatic nitrogens is 2. The molecule has 4 aromatic rings. The fourth-order valence-electron chi connectivity index (χ4n) is 3.42. The van der Waals surface area contributed by atoms with Gasteiger partial charge in [0, 0.05) is 37.0 Å². The van der Waals surface area contributed by atoms with Crippen LogP contribution in [-0.2, 0) is 13.1 Å². The summed E-state index contributed by atoms with van der Waals surface area (Å²) < 4.78 is 0. The highest BCUT2D eigenvalue weighted by Crippen LogP contribution is 2.18. The van der Waals surface area contributed by atoms with Crippen LogP contribution in [0.3, 0.4) is 0 Å². The van der Waals surface area contributed by atoms with Gasteiger partial charge in [0.1, 0.15) is 11.6 Å². The van der Waals surface area contributed by atoms with Gasteiger partial charge < -0.3 is 21.7 Å². The molecule has 0 radical (unpaired) electrons. The van der Waals surface area contributed by atoms with E-state index in [9.17, 15) is 0 Å². The molecular formula is C26H34N6. The lowest BCUT2D eigenvalue weighted by Crippen LogP contribution is -2.11. The van der Waals surface area contributed by atoms with Crippen molar-refractivity contribution in [1.82, 2.24) is 15.3 Å². The molecular weight excluding hydrogens is 396 g/mol. The first-order valence-corrected chi connectivity index (χ1v) is 11.3. The van der Waals surface area contributed by atoms with Gasteiger partial charge in [-0.05, 0) is 80.1 Å². The number of nitrogens with one attached hydrogen (secondary N) is 3. The molecule has 2 heterocycles. The summed E-state index contributed by atoms with van der Waals surface area (Å²) in [6.45, 7) is 10.5. The first-order chi connectivity index (χ1) is 15.7. The van der Waals surface area contributed by atoms with Crippen LogP contribution in [0.1, 0.15) is 31.9 Å². The minimum absolute atomic E-state index is 0.574. The van der Waals surface area contributed by atoms with Gasteiger partial charge in [0.05, 0.1) is 11.0 Å². The third kappa shape index (κ3) is 6.39. The Morgan fingerprint density at radius 3 is 1.69 bits per heavy atom. The minimum atomic E-state index is 0.574. The van der Waals surface area contributed by atoms with Crippen LogP contribution in [0.25, 0.3) is 21.8 Å². The molecule has 0 saturated heterocycles. The molecule has 0 unspecified atom stereocenters. The van der Waals surface area contributed by atoms with Gasteiger partial charge >= 0.3 is 0 Å². The molecule has 2 aromatic carbocycles. The van der Waals surface area contributed by atoms with E-state index in [0.717, 1.165) is 59.8 Å². The van der Waals surface area contributed by atoms with Crippen molar-refractivity contribution in [2.75, 3.05) is 30.3 Å². The van der Waals surface area contributed by atoms with E-state index < -0.39 is 0 Å². The summed E-state index contributed by atoms with van der Waals surface area (Å²) >= 11 is 0. The minimum Gasteiger partial charge on any atom is -0.370 e. The summed E-state index contributed by atoms with van der Waals surface area (Å²) in [6, 6.07) is 20.7. The molecule has 0 atom stereocenters. The van der Waals surface area contributed by atoms with Gasteiger partial charge in [-0.1, -0.05) is 19.1 Å². The normalized spacial score (nSPS) is 10.6. The summed E-state index contributed by atoms with van der Waals surface area (Å²) in [5.41, 5.74) is 10.1. The largest absolute Gasteiger partial charge is 0.370 e. The second kappa shape index (κ2) is 12.0. The number of rotatable bonds is 8. The average Bonchev–Trinajstić information content (AvgIpc) is 2.83. The van der Waals surface area contributed by atoms with Crippen molar-refractivity contribution >= 4 is 33.4 Å². The maximum atomic E-state index is 5.59. The predicted octanol–water partition coefficient (Wildman–Crippen LogP) is 4.90. The highest BCUT2D eigenvalue weighted by molar-refractivity contribution is 5.81. The summed E-state index contributed by atoms with van der Waals surface area (Å²) in [5, 5.41) is 12.1. The smallest absolute Gasteiger partial charge is 0.126 e. The molecule has 0 saturated carbocycles. The van der Waals surface area contributed by atoms with Gasteiger partial charge in [0.2, 0.25) is 0 Å². The van der Waals surface area contributed by atoms with Crippen molar-refractivity contribution in [3.63, 3.8) is 0 Å². The Morgan fingerprint density at radius 1 is 0.656 bits per heavy atom. The van der Waals surface area contributed by atoms with Gasteiger partial charge in [-0.3, -0.25) is 0 Å². The fraction of sp³-hybridized carbons (Fsp3) is 0.308. The van der Waals surface area contributed by atoms with Crippen LogP contribution in [0.2, 0.25) is 0 Å². The quantitative estimate of drug-likeness (QED) is 0.318. The molecule has 0 aliphatic carbocycles. The highest BCUT2D eigenvalue weighted by Gasteiger charge is 2.00.